The summed E-state index contributed by atoms with van der Waals surface area (Å²) in [5.41, 5.74) is 10.2. The molecule has 0 bridgehead atoms. The van der Waals surface area contributed by atoms with Crippen LogP contribution in [0.5, 0.6) is 0 Å². The van der Waals surface area contributed by atoms with E-state index in [1.54, 1.807) is 0 Å². The molecule has 152 valence electrons. The molecule has 5 aromatic rings. The first-order valence-electron chi connectivity index (χ1n) is 11.0. The molecule has 0 saturated heterocycles. The first-order chi connectivity index (χ1) is 15.9. The molecule has 0 unspecified atom stereocenters. The Kier molecular flexibility index (Phi) is 4.62. The van der Waals surface area contributed by atoms with Gasteiger partial charge in [0.05, 0.1) is 12.2 Å². The normalized spacial score (nSPS) is 12.2. The van der Waals surface area contributed by atoms with E-state index in [1.807, 2.05) is 30.3 Å². The fraction of sp³-hybridized carbons (Fsp3) is 0.0667. The third-order valence-electron chi connectivity index (χ3n) is 6.35. The largest absolute Gasteiger partial charge is 0.184 e. The standard InChI is InChI=1S/C30H22N2/c1-2-11-23(12-3-1)32-31-20-30-24-13-6-4-9-21(24)17-18-28(30)27-16-8-15-26-25-14-7-5-10-22(25)19-29(26)27/h1-18H,19-20H2. The van der Waals surface area contributed by atoms with E-state index in [4.69, 9.17) is 0 Å². The summed E-state index contributed by atoms with van der Waals surface area (Å²) in [6.45, 7) is 0.544. The molecule has 0 heterocycles. The number of nitrogens with zero attached hydrogens (tertiary/aromatic N) is 2. The van der Waals surface area contributed by atoms with Crippen molar-refractivity contribution in [3.63, 3.8) is 0 Å². The Hall–Kier alpha value is -4.04. The second-order valence-corrected chi connectivity index (χ2v) is 8.21. The van der Waals surface area contributed by atoms with E-state index < -0.39 is 0 Å². The van der Waals surface area contributed by atoms with Crippen LogP contribution >= 0.6 is 0 Å². The van der Waals surface area contributed by atoms with Gasteiger partial charge in [-0.2, -0.15) is 10.2 Å². The molecule has 5 aromatic carbocycles. The molecule has 0 N–H and O–H groups in total. The predicted molar refractivity (Wildman–Crippen MR) is 132 cm³/mol. The average molecular weight is 411 g/mol. The zero-order valence-electron chi connectivity index (χ0n) is 17.7. The number of fused-ring (bicyclic) bond motifs is 4. The molecule has 0 aromatic heterocycles. The Bertz CT molecular complexity index is 1470. The summed E-state index contributed by atoms with van der Waals surface area (Å²) >= 11 is 0. The molecule has 6 rings (SSSR count). The van der Waals surface area contributed by atoms with Crippen LogP contribution in [0.1, 0.15) is 16.7 Å². The number of hydrogen-bond donors (Lipinski definition) is 0. The molecular formula is C30H22N2. The summed E-state index contributed by atoms with van der Waals surface area (Å²) in [6, 6.07) is 38.4. The molecule has 32 heavy (non-hydrogen) atoms. The highest BCUT2D eigenvalue weighted by molar-refractivity contribution is 5.94. The van der Waals surface area contributed by atoms with Crippen molar-refractivity contribution in [1.82, 2.24) is 0 Å². The number of hydrogen-bond acceptors (Lipinski definition) is 2. The minimum atomic E-state index is 0.544. The maximum Gasteiger partial charge on any atom is 0.0865 e. The first-order valence-corrected chi connectivity index (χ1v) is 11.0. The van der Waals surface area contributed by atoms with E-state index >= 15 is 0 Å². The van der Waals surface area contributed by atoms with Crippen molar-refractivity contribution in [3.05, 3.63) is 126 Å². The van der Waals surface area contributed by atoms with Crippen LogP contribution in [0.4, 0.5) is 5.69 Å². The van der Waals surface area contributed by atoms with Crippen molar-refractivity contribution in [2.75, 3.05) is 0 Å². The molecule has 2 heteroatoms. The topological polar surface area (TPSA) is 24.7 Å². The minimum Gasteiger partial charge on any atom is -0.184 e. The lowest BCUT2D eigenvalue weighted by molar-refractivity contribution is 0.969. The van der Waals surface area contributed by atoms with E-state index in [2.05, 4.69) is 89.1 Å². The molecule has 0 radical (unpaired) electrons. The SMILES string of the molecule is c1ccc(N=NCc2c(-c3cccc4c3Cc3ccccc3-4)ccc3ccccc23)cc1. The van der Waals surface area contributed by atoms with Gasteiger partial charge < -0.3 is 0 Å². The average Bonchev–Trinajstić information content (AvgIpc) is 3.24. The maximum atomic E-state index is 4.61. The third kappa shape index (κ3) is 3.21. The highest BCUT2D eigenvalue weighted by Gasteiger charge is 2.22. The van der Waals surface area contributed by atoms with E-state index in [1.165, 1.54) is 49.7 Å². The maximum absolute atomic E-state index is 4.61. The highest BCUT2D eigenvalue weighted by Crippen LogP contribution is 2.43. The monoisotopic (exact) mass is 410 g/mol. The summed E-state index contributed by atoms with van der Waals surface area (Å²) < 4.78 is 0. The Morgan fingerprint density at radius 2 is 1.28 bits per heavy atom. The van der Waals surface area contributed by atoms with Crippen LogP contribution in [0, 0.1) is 0 Å². The van der Waals surface area contributed by atoms with Gasteiger partial charge >= 0.3 is 0 Å². The van der Waals surface area contributed by atoms with Crippen molar-refractivity contribution in [1.29, 1.82) is 0 Å². The van der Waals surface area contributed by atoms with Crippen molar-refractivity contribution < 1.29 is 0 Å². The Labute approximate surface area is 187 Å². The fourth-order valence-electron chi connectivity index (χ4n) is 4.85. The van der Waals surface area contributed by atoms with Crippen LogP contribution in [0.15, 0.2) is 119 Å². The van der Waals surface area contributed by atoms with Gasteiger partial charge in [-0.05, 0) is 68.3 Å². The molecule has 0 fully saturated rings. The molecule has 2 nitrogen and oxygen atoms in total. The van der Waals surface area contributed by atoms with Gasteiger partial charge in [0.25, 0.3) is 0 Å². The number of azo groups is 1. The van der Waals surface area contributed by atoms with Gasteiger partial charge in [-0.1, -0.05) is 97.1 Å². The second kappa shape index (κ2) is 7.90. The van der Waals surface area contributed by atoms with Gasteiger partial charge in [0, 0.05) is 0 Å². The van der Waals surface area contributed by atoms with Crippen LogP contribution in [0.25, 0.3) is 33.0 Å². The molecule has 0 atom stereocenters. The molecule has 0 amide bonds. The quantitative estimate of drug-likeness (QED) is 0.261. The van der Waals surface area contributed by atoms with Crippen LogP contribution in [0.3, 0.4) is 0 Å². The number of benzene rings is 5. The van der Waals surface area contributed by atoms with Gasteiger partial charge in [0.15, 0.2) is 0 Å². The van der Waals surface area contributed by atoms with Crippen molar-refractivity contribution >= 4 is 16.5 Å². The smallest absolute Gasteiger partial charge is 0.0865 e. The fourth-order valence-corrected chi connectivity index (χ4v) is 4.85. The Morgan fingerprint density at radius 3 is 2.19 bits per heavy atom. The third-order valence-corrected chi connectivity index (χ3v) is 6.35. The molecule has 0 spiro atoms. The van der Waals surface area contributed by atoms with Crippen LogP contribution in [-0.2, 0) is 13.0 Å². The van der Waals surface area contributed by atoms with Crippen molar-refractivity contribution in [3.8, 4) is 22.3 Å². The van der Waals surface area contributed by atoms with Gasteiger partial charge in [0.1, 0.15) is 0 Å². The summed E-state index contributed by atoms with van der Waals surface area (Å²) in [6.07, 6.45) is 0.972. The van der Waals surface area contributed by atoms with E-state index in [0.717, 1.165) is 12.1 Å². The van der Waals surface area contributed by atoms with Crippen molar-refractivity contribution in [2.45, 2.75) is 13.0 Å². The van der Waals surface area contributed by atoms with Gasteiger partial charge in [-0.3, -0.25) is 0 Å². The highest BCUT2D eigenvalue weighted by atomic mass is 15.1. The van der Waals surface area contributed by atoms with E-state index in [0.29, 0.717) is 6.54 Å². The zero-order valence-corrected chi connectivity index (χ0v) is 17.7. The lowest BCUT2D eigenvalue weighted by Crippen LogP contribution is -1.94. The van der Waals surface area contributed by atoms with Gasteiger partial charge in [-0.25, -0.2) is 0 Å². The lowest BCUT2D eigenvalue weighted by Gasteiger charge is -2.15. The second-order valence-electron chi connectivity index (χ2n) is 8.21. The Balaban J connectivity index is 1.49. The van der Waals surface area contributed by atoms with Crippen LogP contribution in [-0.4, -0.2) is 0 Å². The molecule has 0 saturated carbocycles. The summed E-state index contributed by atoms with van der Waals surface area (Å²) in [4.78, 5) is 0. The Morgan fingerprint density at radius 1 is 0.562 bits per heavy atom. The predicted octanol–water partition coefficient (Wildman–Crippen LogP) is 8.36. The molecule has 1 aliphatic rings. The first kappa shape index (κ1) is 18.7. The molecular weight excluding hydrogens is 388 g/mol. The molecule has 0 aliphatic heterocycles. The van der Waals surface area contributed by atoms with Gasteiger partial charge in [0.2, 0.25) is 0 Å². The lowest BCUT2D eigenvalue weighted by atomic mass is 9.90. The van der Waals surface area contributed by atoms with E-state index in [9.17, 15) is 0 Å². The van der Waals surface area contributed by atoms with E-state index in [-0.39, 0.29) is 0 Å². The van der Waals surface area contributed by atoms with Crippen LogP contribution < -0.4 is 0 Å². The van der Waals surface area contributed by atoms with Crippen molar-refractivity contribution in [2.24, 2.45) is 10.2 Å². The summed E-state index contributed by atoms with van der Waals surface area (Å²) in [5, 5.41) is 11.6. The summed E-state index contributed by atoms with van der Waals surface area (Å²) in [7, 11) is 0. The van der Waals surface area contributed by atoms with Gasteiger partial charge in [-0.15, -0.1) is 0 Å². The van der Waals surface area contributed by atoms with Crippen LogP contribution in [0.2, 0.25) is 0 Å². The molecule has 1 aliphatic carbocycles. The number of rotatable bonds is 4. The summed E-state index contributed by atoms with van der Waals surface area (Å²) in [5.74, 6) is 0. The zero-order chi connectivity index (χ0) is 21.3. The minimum absolute atomic E-state index is 0.544.